The van der Waals surface area contributed by atoms with E-state index in [1.165, 1.54) is 17.4 Å². The summed E-state index contributed by atoms with van der Waals surface area (Å²) < 4.78 is 0. The van der Waals surface area contributed by atoms with Gasteiger partial charge in [0.15, 0.2) is 0 Å². The lowest BCUT2D eigenvalue weighted by molar-refractivity contribution is -0.131. The van der Waals surface area contributed by atoms with Crippen LogP contribution in [0, 0.1) is 0 Å². The van der Waals surface area contributed by atoms with Gasteiger partial charge in [-0.2, -0.15) is 11.3 Å². The van der Waals surface area contributed by atoms with E-state index in [2.05, 4.69) is 0 Å². The van der Waals surface area contributed by atoms with Gasteiger partial charge in [-0.15, -0.1) is 0 Å². The Bertz CT molecular complexity index is 780. The van der Waals surface area contributed by atoms with Crippen molar-refractivity contribution in [3.8, 4) is 0 Å². The maximum absolute atomic E-state index is 12.5. The molecular formula is C18H18N2O4S. The third-order valence-electron chi connectivity index (χ3n) is 4.28. The summed E-state index contributed by atoms with van der Waals surface area (Å²) in [6.07, 6.45) is 0.0565. The number of carbonyl (C=O) groups excluding carboxylic acids is 2. The minimum atomic E-state index is -1.03. The molecule has 2 heterocycles. The number of carbonyl (C=O) groups is 3. The molecule has 0 atom stereocenters. The van der Waals surface area contributed by atoms with Gasteiger partial charge in [0.25, 0.3) is 5.91 Å². The molecule has 130 valence electrons. The Kier molecular flexibility index (Phi) is 5.14. The number of thiophene rings is 1. The van der Waals surface area contributed by atoms with Gasteiger partial charge >= 0.3 is 5.97 Å². The van der Waals surface area contributed by atoms with Gasteiger partial charge in [0.1, 0.15) is 0 Å². The van der Waals surface area contributed by atoms with E-state index < -0.39 is 5.97 Å². The van der Waals surface area contributed by atoms with Crippen molar-refractivity contribution in [1.82, 2.24) is 9.80 Å². The first-order valence-electron chi connectivity index (χ1n) is 7.96. The van der Waals surface area contributed by atoms with E-state index in [9.17, 15) is 19.5 Å². The minimum Gasteiger partial charge on any atom is -0.478 e. The van der Waals surface area contributed by atoms with Crippen LogP contribution in [-0.4, -0.2) is 58.9 Å². The minimum absolute atomic E-state index is 0.00966. The van der Waals surface area contributed by atoms with Crippen LogP contribution in [0.4, 0.5) is 0 Å². The Morgan fingerprint density at radius 1 is 1.00 bits per heavy atom. The molecule has 2 aromatic rings. The lowest BCUT2D eigenvalue weighted by atomic mass is 10.0. The van der Waals surface area contributed by atoms with Crippen LogP contribution in [0.5, 0.6) is 0 Å². The topological polar surface area (TPSA) is 77.9 Å². The highest BCUT2D eigenvalue weighted by Crippen LogP contribution is 2.14. The molecule has 0 aliphatic carbocycles. The highest BCUT2D eigenvalue weighted by Gasteiger charge is 2.25. The second-order valence-corrected chi connectivity index (χ2v) is 6.60. The van der Waals surface area contributed by atoms with Gasteiger partial charge in [-0.1, -0.05) is 18.2 Å². The number of carboxylic acid groups (broad SMARTS) is 1. The molecule has 6 nitrogen and oxygen atoms in total. The average Bonchev–Trinajstić information content (AvgIpc) is 3.16. The van der Waals surface area contributed by atoms with Crippen molar-refractivity contribution in [2.75, 3.05) is 26.2 Å². The van der Waals surface area contributed by atoms with Crippen LogP contribution in [0.1, 0.15) is 26.3 Å². The molecule has 1 fully saturated rings. The Balaban J connectivity index is 1.59. The third-order valence-corrected chi connectivity index (χ3v) is 4.96. The second kappa shape index (κ2) is 7.48. The fraction of sp³-hybridized carbons (Fsp3) is 0.278. The van der Waals surface area contributed by atoms with E-state index in [-0.39, 0.29) is 23.8 Å². The molecule has 25 heavy (non-hydrogen) atoms. The second-order valence-electron chi connectivity index (χ2n) is 5.82. The molecule has 1 aliphatic heterocycles. The number of piperazine rings is 1. The molecule has 0 unspecified atom stereocenters. The third kappa shape index (κ3) is 3.88. The molecule has 0 spiro atoms. The van der Waals surface area contributed by atoms with Crippen LogP contribution in [0.15, 0.2) is 41.1 Å². The zero-order valence-corrected chi connectivity index (χ0v) is 14.4. The Morgan fingerprint density at radius 3 is 2.32 bits per heavy atom. The van der Waals surface area contributed by atoms with E-state index >= 15 is 0 Å². The summed E-state index contributed by atoms with van der Waals surface area (Å²) in [5.41, 5.74) is 1.35. The van der Waals surface area contributed by atoms with Crippen molar-refractivity contribution < 1.29 is 19.5 Å². The van der Waals surface area contributed by atoms with Gasteiger partial charge in [0.2, 0.25) is 5.91 Å². The molecule has 1 N–H and O–H groups in total. The molecule has 7 heteroatoms. The summed E-state index contributed by atoms with van der Waals surface area (Å²) in [5, 5.41) is 12.9. The van der Waals surface area contributed by atoms with E-state index in [1.54, 1.807) is 34.1 Å². The summed E-state index contributed by atoms with van der Waals surface area (Å²) in [5.74, 6) is -1.16. The van der Waals surface area contributed by atoms with Gasteiger partial charge < -0.3 is 14.9 Å². The van der Waals surface area contributed by atoms with Crippen molar-refractivity contribution in [3.63, 3.8) is 0 Å². The molecule has 1 aromatic heterocycles. The first-order valence-corrected chi connectivity index (χ1v) is 8.91. The zero-order valence-electron chi connectivity index (χ0n) is 13.6. The highest BCUT2D eigenvalue weighted by molar-refractivity contribution is 7.08. The first kappa shape index (κ1) is 17.2. The predicted molar refractivity (Wildman–Crippen MR) is 93.9 cm³/mol. The van der Waals surface area contributed by atoms with Crippen molar-refractivity contribution in [3.05, 3.63) is 57.8 Å². The summed E-state index contributed by atoms with van der Waals surface area (Å²) in [7, 11) is 0. The number of amides is 2. The van der Waals surface area contributed by atoms with Crippen LogP contribution in [0.25, 0.3) is 0 Å². The molecule has 0 saturated carbocycles. The first-order chi connectivity index (χ1) is 12.1. The van der Waals surface area contributed by atoms with Crippen LogP contribution >= 0.6 is 11.3 Å². The van der Waals surface area contributed by atoms with E-state index in [0.29, 0.717) is 37.3 Å². The highest BCUT2D eigenvalue weighted by atomic mass is 32.1. The fourth-order valence-corrected chi connectivity index (χ4v) is 3.52. The summed E-state index contributed by atoms with van der Waals surface area (Å²) >= 11 is 1.48. The van der Waals surface area contributed by atoms with E-state index in [4.69, 9.17) is 0 Å². The standard InChI is InChI=1S/C18H18N2O4S/c21-16(11-13-3-1-2-4-15(13)18(23)24)19-6-8-20(9-7-19)17(22)14-5-10-25-12-14/h1-5,10,12H,6-9,11H2,(H,23,24). The molecule has 0 radical (unpaired) electrons. The Labute approximate surface area is 149 Å². The predicted octanol–water partition coefficient (Wildman–Crippen LogP) is 1.97. The van der Waals surface area contributed by atoms with Crippen molar-refractivity contribution in [1.29, 1.82) is 0 Å². The zero-order chi connectivity index (χ0) is 17.8. The number of carboxylic acids is 1. The molecule has 0 bridgehead atoms. The smallest absolute Gasteiger partial charge is 0.335 e. The molecule has 2 amide bonds. The van der Waals surface area contributed by atoms with Crippen LogP contribution in [0.2, 0.25) is 0 Å². The number of rotatable bonds is 4. The molecule has 1 aliphatic rings. The monoisotopic (exact) mass is 358 g/mol. The maximum Gasteiger partial charge on any atom is 0.335 e. The number of aromatic carboxylic acids is 1. The van der Waals surface area contributed by atoms with Crippen molar-refractivity contribution in [2.45, 2.75) is 6.42 Å². The lowest BCUT2D eigenvalue weighted by Crippen LogP contribution is -2.51. The average molecular weight is 358 g/mol. The van der Waals surface area contributed by atoms with Gasteiger partial charge in [-0.25, -0.2) is 4.79 Å². The summed E-state index contributed by atoms with van der Waals surface area (Å²) in [6, 6.07) is 8.34. The molecular weight excluding hydrogens is 340 g/mol. The van der Waals surface area contributed by atoms with Crippen LogP contribution < -0.4 is 0 Å². The number of nitrogens with zero attached hydrogens (tertiary/aromatic N) is 2. The Morgan fingerprint density at radius 2 is 1.68 bits per heavy atom. The Hall–Kier alpha value is -2.67. The molecule has 3 rings (SSSR count). The number of benzene rings is 1. The van der Waals surface area contributed by atoms with Crippen LogP contribution in [0.3, 0.4) is 0 Å². The van der Waals surface area contributed by atoms with Crippen molar-refractivity contribution >= 4 is 29.1 Å². The summed E-state index contributed by atoms with van der Waals surface area (Å²) in [6.45, 7) is 1.90. The molecule has 1 aromatic carbocycles. The fourth-order valence-electron chi connectivity index (χ4n) is 2.89. The van der Waals surface area contributed by atoms with Gasteiger partial charge in [-0.3, -0.25) is 9.59 Å². The van der Waals surface area contributed by atoms with E-state index in [0.717, 1.165) is 0 Å². The van der Waals surface area contributed by atoms with Crippen molar-refractivity contribution in [2.24, 2.45) is 0 Å². The quantitative estimate of drug-likeness (QED) is 0.906. The number of hydrogen-bond acceptors (Lipinski definition) is 4. The van der Waals surface area contributed by atoms with Crippen LogP contribution in [-0.2, 0) is 11.2 Å². The largest absolute Gasteiger partial charge is 0.478 e. The number of hydrogen-bond donors (Lipinski definition) is 1. The van der Waals surface area contributed by atoms with Gasteiger partial charge in [0, 0.05) is 31.6 Å². The maximum atomic E-state index is 12.5. The molecule has 1 saturated heterocycles. The summed E-state index contributed by atoms with van der Waals surface area (Å²) in [4.78, 5) is 39.5. The lowest BCUT2D eigenvalue weighted by Gasteiger charge is -2.34. The SMILES string of the molecule is O=C(O)c1ccccc1CC(=O)N1CCN(C(=O)c2ccsc2)CC1. The van der Waals surface area contributed by atoms with E-state index in [1.807, 2.05) is 10.8 Å². The normalized spacial score (nSPS) is 14.4. The van der Waals surface area contributed by atoms with Gasteiger partial charge in [0.05, 0.1) is 17.5 Å². The van der Waals surface area contributed by atoms with Gasteiger partial charge in [-0.05, 0) is 23.1 Å².